The first kappa shape index (κ1) is 21.0. The first-order valence-electron chi connectivity index (χ1n) is 8.75. The number of esters is 1. The van der Waals surface area contributed by atoms with Crippen molar-refractivity contribution in [3.63, 3.8) is 0 Å². The molecule has 0 aliphatic heterocycles. The van der Waals surface area contributed by atoms with Crippen LogP contribution in [0.3, 0.4) is 0 Å². The minimum Gasteiger partial charge on any atom is -0.462 e. The second-order valence-corrected chi connectivity index (χ2v) is 5.61. The number of carbonyl (C=O) groups is 2. The zero-order chi connectivity index (χ0) is 20.4. The Balaban J connectivity index is 2.13. The summed E-state index contributed by atoms with van der Waals surface area (Å²) in [7, 11) is 0. The predicted molar refractivity (Wildman–Crippen MR) is 106 cm³/mol. The third-order valence-corrected chi connectivity index (χ3v) is 3.50. The van der Waals surface area contributed by atoms with E-state index in [1.54, 1.807) is 50.2 Å². The fourth-order valence-electron chi connectivity index (χ4n) is 2.32. The normalized spacial score (nSPS) is 10.0. The van der Waals surface area contributed by atoms with Crippen LogP contribution in [0.2, 0.25) is 0 Å². The van der Waals surface area contributed by atoms with E-state index < -0.39 is 12.0 Å². The summed E-state index contributed by atoms with van der Waals surface area (Å²) in [6.07, 6.45) is 5.31. The van der Waals surface area contributed by atoms with Gasteiger partial charge in [-0.15, -0.1) is 6.42 Å². The Hall–Kier alpha value is -3.34. The lowest BCUT2D eigenvalue weighted by atomic mass is 10.1. The van der Waals surface area contributed by atoms with Crippen molar-refractivity contribution in [1.82, 2.24) is 0 Å². The van der Waals surface area contributed by atoms with Crippen LogP contribution in [0.15, 0.2) is 42.5 Å². The maximum absolute atomic E-state index is 12.3. The summed E-state index contributed by atoms with van der Waals surface area (Å²) in [4.78, 5) is 34.3. The van der Waals surface area contributed by atoms with Crippen LogP contribution in [0, 0.1) is 12.3 Å². The minimum atomic E-state index is -0.492. The van der Waals surface area contributed by atoms with Gasteiger partial charge in [-0.05, 0) is 61.9 Å². The third-order valence-electron chi connectivity index (χ3n) is 3.50. The zero-order valence-corrected chi connectivity index (χ0v) is 15.8. The van der Waals surface area contributed by atoms with Crippen molar-refractivity contribution in [3.8, 4) is 12.3 Å². The van der Waals surface area contributed by atoms with Gasteiger partial charge in [0.2, 0.25) is 0 Å². The van der Waals surface area contributed by atoms with Gasteiger partial charge in [-0.1, -0.05) is 5.92 Å². The Morgan fingerprint density at radius 2 is 1.68 bits per heavy atom. The highest BCUT2D eigenvalue weighted by atomic mass is 17.2. The van der Waals surface area contributed by atoms with E-state index in [-0.39, 0.29) is 13.2 Å². The first-order chi connectivity index (χ1) is 13.5. The Morgan fingerprint density at radius 1 is 0.964 bits per heavy atom. The molecule has 7 nitrogen and oxygen atoms in total. The standard InChI is InChI=1S/C21H22N2O5/c1-4-15-7-9-18(10-8-15)22-21(25)23-19-12-16(14-28-27-6-3)11-17(13-19)20(24)26-5-2/h1,7-13H,5-6,14H2,2-3H3,(H2,22,23,25). The second kappa shape index (κ2) is 10.7. The van der Waals surface area contributed by atoms with Gasteiger partial charge in [-0.3, -0.25) is 0 Å². The molecule has 0 radical (unpaired) electrons. The number of nitrogens with one attached hydrogen (secondary N) is 2. The Bertz CT molecular complexity index is 856. The Morgan fingerprint density at radius 3 is 2.32 bits per heavy atom. The molecule has 0 heterocycles. The monoisotopic (exact) mass is 382 g/mol. The van der Waals surface area contributed by atoms with Crippen LogP contribution in [-0.4, -0.2) is 25.2 Å². The summed E-state index contributed by atoms with van der Waals surface area (Å²) < 4.78 is 5.03. The summed E-state index contributed by atoms with van der Waals surface area (Å²) in [6.45, 7) is 4.27. The van der Waals surface area contributed by atoms with Gasteiger partial charge in [-0.2, -0.15) is 0 Å². The molecule has 2 rings (SSSR count). The maximum atomic E-state index is 12.3. The molecule has 0 atom stereocenters. The number of anilines is 2. The van der Waals surface area contributed by atoms with Crippen molar-refractivity contribution in [2.45, 2.75) is 20.5 Å². The van der Waals surface area contributed by atoms with Crippen LogP contribution in [0.5, 0.6) is 0 Å². The molecule has 0 saturated carbocycles. The number of hydrogen-bond acceptors (Lipinski definition) is 5. The molecule has 0 spiro atoms. The summed E-state index contributed by atoms with van der Waals surface area (Å²) >= 11 is 0. The third kappa shape index (κ3) is 6.43. The molecule has 146 valence electrons. The number of carbonyl (C=O) groups excluding carboxylic acids is 2. The van der Waals surface area contributed by atoms with Crippen molar-refractivity contribution >= 4 is 23.4 Å². The molecule has 7 heteroatoms. The highest BCUT2D eigenvalue weighted by Gasteiger charge is 2.12. The van der Waals surface area contributed by atoms with Gasteiger partial charge in [0.05, 0.1) is 18.8 Å². The molecule has 0 fully saturated rings. The van der Waals surface area contributed by atoms with E-state index in [2.05, 4.69) is 16.6 Å². The predicted octanol–water partition coefficient (Wildman–Crippen LogP) is 3.96. The molecule has 0 aliphatic rings. The lowest BCUT2D eigenvalue weighted by molar-refractivity contribution is -0.300. The van der Waals surface area contributed by atoms with E-state index in [4.69, 9.17) is 20.9 Å². The number of amides is 2. The Kier molecular flexibility index (Phi) is 8.03. The summed E-state index contributed by atoms with van der Waals surface area (Å²) in [5.41, 5.74) is 2.66. The molecular formula is C21H22N2O5. The van der Waals surface area contributed by atoms with E-state index in [1.165, 1.54) is 6.07 Å². The van der Waals surface area contributed by atoms with Crippen molar-refractivity contribution in [2.75, 3.05) is 23.8 Å². The van der Waals surface area contributed by atoms with E-state index >= 15 is 0 Å². The van der Waals surface area contributed by atoms with Gasteiger partial charge in [0, 0.05) is 16.9 Å². The van der Waals surface area contributed by atoms with E-state index in [0.29, 0.717) is 34.7 Å². The van der Waals surface area contributed by atoms with Crippen LogP contribution >= 0.6 is 0 Å². The van der Waals surface area contributed by atoms with Crippen LogP contribution in [0.1, 0.15) is 35.3 Å². The van der Waals surface area contributed by atoms with Crippen molar-refractivity contribution in [2.24, 2.45) is 0 Å². The minimum absolute atomic E-state index is 0.116. The molecule has 2 N–H and O–H groups in total. The van der Waals surface area contributed by atoms with Crippen LogP contribution in [-0.2, 0) is 21.1 Å². The molecule has 0 aromatic heterocycles. The van der Waals surface area contributed by atoms with Crippen LogP contribution in [0.4, 0.5) is 16.2 Å². The van der Waals surface area contributed by atoms with Gasteiger partial charge in [0.25, 0.3) is 0 Å². The van der Waals surface area contributed by atoms with Gasteiger partial charge in [0.15, 0.2) is 0 Å². The van der Waals surface area contributed by atoms with Crippen molar-refractivity contribution in [1.29, 1.82) is 0 Å². The molecule has 0 aliphatic carbocycles. The number of ether oxygens (including phenoxy) is 1. The van der Waals surface area contributed by atoms with Gasteiger partial charge < -0.3 is 15.4 Å². The number of urea groups is 1. The number of terminal acetylenes is 1. The number of rotatable bonds is 8. The molecule has 0 saturated heterocycles. The lowest BCUT2D eigenvalue weighted by Crippen LogP contribution is -2.20. The van der Waals surface area contributed by atoms with E-state index in [1.807, 2.05) is 0 Å². The maximum Gasteiger partial charge on any atom is 0.338 e. The first-order valence-corrected chi connectivity index (χ1v) is 8.75. The number of hydrogen-bond donors (Lipinski definition) is 2. The fourth-order valence-corrected chi connectivity index (χ4v) is 2.32. The summed E-state index contributed by atoms with van der Waals surface area (Å²) in [5, 5.41) is 5.39. The molecule has 0 unspecified atom stereocenters. The average molecular weight is 382 g/mol. The molecule has 28 heavy (non-hydrogen) atoms. The molecule has 2 aromatic rings. The van der Waals surface area contributed by atoms with Gasteiger partial charge >= 0.3 is 12.0 Å². The molecule has 0 bridgehead atoms. The van der Waals surface area contributed by atoms with Crippen molar-refractivity contribution < 1.29 is 24.1 Å². The average Bonchev–Trinajstić information content (AvgIpc) is 2.68. The summed E-state index contributed by atoms with van der Waals surface area (Å²) in [5.74, 6) is 2.02. The zero-order valence-electron chi connectivity index (χ0n) is 15.8. The van der Waals surface area contributed by atoms with E-state index in [0.717, 1.165) is 0 Å². The van der Waals surface area contributed by atoms with Crippen molar-refractivity contribution in [3.05, 3.63) is 59.2 Å². The van der Waals surface area contributed by atoms with Gasteiger partial charge in [0.1, 0.15) is 6.61 Å². The van der Waals surface area contributed by atoms with Crippen LogP contribution < -0.4 is 10.6 Å². The second-order valence-electron chi connectivity index (χ2n) is 5.61. The van der Waals surface area contributed by atoms with Gasteiger partial charge in [-0.25, -0.2) is 19.4 Å². The summed E-state index contributed by atoms with van der Waals surface area (Å²) in [6, 6.07) is 11.2. The smallest absolute Gasteiger partial charge is 0.338 e. The van der Waals surface area contributed by atoms with E-state index in [9.17, 15) is 9.59 Å². The fraction of sp³-hybridized carbons (Fsp3) is 0.238. The highest BCUT2D eigenvalue weighted by Crippen LogP contribution is 2.18. The largest absolute Gasteiger partial charge is 0.462 e. The Labute approximate surface area is 163 Å². The van der Waals surface area contributed by atoms with Crippen LogP contribution in [0.25, 0.3) is 0 Å². The molecule has 2 amide bonds. The lowest BCUT2D eigenvalue weighted by Gasteiger charge is -2.12. The molecular weight excluding hydrogens is 360 g/mol. The number of benzene rings is 2. The topological polar surface area (TPSA) is 85.9 Å². The quantitative estimate of drug-likeness (QED) is 0.237. The molecule has 2 aromatic carbocycles. The SMILES string of the molecule is C#Cc1ccc(NC(=O)Nc2cc(COOCC)cc(C(=O)OCC)c2)cc1. The highest BCUT2D eigenvalue weighted by molar-refractivity contribution is 6.01.